The number of ether oxygens (including phenoxy) is 1. The third-order valence-corrected chi connectivity index (χ3v) is 2.40. The SMILES string of the molecule is COc1cc(C2CC2)cnc1C(=N)N. The summed E-state index contributed by atoms with van der Waals surface area (Å²) in [6.07, 6.45) is 4.24. The standard InChI is InChI=1S/C10H13N3O/c1-14-8-4-7(6-2-3-6)5-13-9(8)10(11)12/h4-6H,2-3H2,1H3,(H3,11,12). The van der Waals surface area contributed by atoms with Crippen LogP contribution in [0.5, 0.6) is 5.75 Å². The van der Waals surface area contributed by atoms with Crippen molar-refractivity contribution in [2.45, 2.75) is 18.8 Å². The van der Waals surface area contributed by atoms with E-state index in [-0.39, 0.29) is 5.84 Å². The number of hydrogen-bond acceptors (Lipinski definition) is 3. The number of methoxy groups -OCH3 is 1. The fourth-order valence-corrected chi connectivity index (χ4v) is 1.46. The molecule has 1 aliphatic rings. The Morgan fingerprint density at radius 1 is 1.64 bits per heavy atom. The highest BCUT2D eigenvalue weighted by Gasteiger charge is 2.25. The number of nitrogens with zero attached hydrogens (tertiary/aromatic N) is 1. The molecule has 74 valence electrons. The smallest absolute Gasteiger partial charge is 0.148 e. The molecule has 0 aromatic carbocycles. The van der Waals surface area contributed by atoms with Gasteiger partial charge in [0.15, 0.2) is 0 Å². The molecule has 2 rings (SSSR count). The third kappa shape index (κ3) is 1.55. The highest BCUT2D eigenvalue weighted by molar-refractivity contribution is 5.95. The molecule has 0 saturated heterocycles. The maximum Gasteiger partial charge on any atom is 0.148 e. The first-order valence-electron chi connectivity index (χ1n) is 4.60. The van der Waals surface area contributed by atoms with Gasteiger partial charge in [-0.15, -0.1) is 0 Å². The molecule has 4 heteroatoms. The summed E-state index contributed by atoms with van der Waals surface area (Å²) in [7, 11) is 1.57. The molecule has 0 atom stereocenters. The topological polar surface area (TPSA) is 72.0 Å². The molecule has 0 amide bonds. The summed E-state index contributed by atoms with van der Waals surface area (Å²) in [4.78, 5) is 4.14. The van der Waals surface area contributed by atoms with Crippen LogP contribution in [0.25, 0.3) is 0 Å². The Kier molecular flexibility index (Phi) is 2.11. The van der Waals surface area contributed by atoms with Crippen molar-refractivity contribution in [2.75, 3.05) is 7.11 Å². The van der Waals surface area contributed by atoms with Gasteiger partial charge in [-0.2, -0.15) is 0 Å². The second kappa shape index (κ2) is 3.29. The van der Waals surface area contributed by atoms with Gasteiger partial charge in [-0.1, -0.05) is 0 Å². The lowest BCUT2D eigenvalue weighted by Gasteiger charge is -2.07. The number of nitrogen functional groups attached to an aromatic ring is 1. The Labute approximate surface area is 82.6 Å². The van der Waals surface area contributed by atoms with Crippen molar-refractivity contribution in [1.29, 1.82) is 5.41 Å². The van der Waals surface area contributed by atoms with Crippen LogP contribution in [0.1, 0.15) is 30.0 Å². The highest BCUT2D eigenvalue weighted by atomic mass is 16.5. The van der Waals surface area contributed by atoms with E-state index in [0.29, 0.717) is 17.4 Å². The Balaban J connectivity index is 2.38. The van der Waals surface area contributed by atoms with E-state index in [9.17, 15) is 0 Å². The quantitative estimate of drug-likeness (QED) is 0.558. The van der Waals surface area contributed by atoms with Crippen LogP contribution in [0.15, 0.2) is 12.3 Å². The fourth-order valence-electron chi connectivity index (χ4n) is 1.46. The van der Waals surface area contributed by atoms with Crippen molar-refractivity contribution in [1.82, 2.24) is 4.98 Å². The number of aromatic nitrogens is 1. The van der Waals surface area contributed by atoms with E-state index in [4.69, 9.17) is 15.9 Å². The third-order valence-electron chi connectivity index (χ3n) is 2.40. The summed E-state index contributed by atoms with van der Waals surface area (Å²) >= 11 is 0. The molecule has 14 heavy (non-hydrogen) atoms. The second-order valence-corrected chi connectivity index (χ2v) is 3.51. The van der Waals surface area contributed by atoms with Crippen molar-refractivity contribution in [3.05, 3.63) is 23.5 Å². The van der Waals surface area contributed by atoms with Gasteiger partial charge in [-0.05, 0) is 30.4 Å². The van der Waals surface area contributed by atoms with Crippen molar-refractivity contribution in [2.24, 2.45) is 5.73 Å². The lowest BCUT2D eigenvalue weighted by atomic mass is 10.1. The number of rotatable bonds is 3. The number of pyridine rings is 1. The molecule has 4 nitrogen and oxygen atoms in total. The summed E-state index contributed by atoms with van der Waals surface area (Å²) in [5, 5.41) is 7.31. The van der Waals surface area contributed by atoms with Crippen LogP contribution in [0, 0.1) is 5.41 Å². The average molecular weight is 191 g/mol. The Morgan fingerprint density at radius 2 is 2.36 bits per heavy atom. The van der Waals surface area contributed by atoms with Gasteiger partial charge in [0.05, 0.1) is 7.11 Å². The number of hydrogen-bond donors (Lipinski definition) is 2. The van der Waals surface area contributed by atoms with Crippen LogP contribution < -0.4 is 10.5 Å². The summed E-state index contributed by atoms with van der Waals surface area (Å²) in [5.74, 6) is 1.18. The molecule has 3 N–H and O–H groups in total. The lowest BCUT2D eigenvalue weighted by molar-refractivity contribution is 0.411. The van der Waals surface area contributed by atoms with Gasteiger partial charge < -0.3 is 10.5 Å². The predicted octanol–water partition coefficient (Wildman–Crippen LogP) is 1.25. The van der Waals surface area contributed by atoms with Crippen molar-refractivity contribution in [3.63, 3.8) is 0 Å². The van der Waals surface area contributed by atoms with E-state index in [1.165, 1.54) is 18.4 Å². The largest absolute Gasteiger partial charge is 0.494 e. The maximum absolute atomic E-state index is 7.31. The van der Waals surface area contributed by atoms with Crippen molar-refractivity contribution >= 4 is 5.84 Å². The monoisotopic (exact) mass is 191 g/mol. The summed E-state index contributed by atoms with van der Waals surface area (Å²) in [5.41, 5.74) is 6.99. The molecular formula is C10H13N3O. The van der Waals surface area contributed by atoms with E-state index in [1.807, 2.05) is 6.07 Å². The molecular weight excluding hydrogens is 178 g/mol. The molecule has 1 aliphatic carbocycles. The Hall–Kier alpha value is -1.58. The molecule has 1 fully saturated rings. The van der Waals surface area contributed by atoms with E-state index in [0.717, 1.165) is 0 Å². The normalized spacial score (nSPS) is 15.2. The first-order valence-corrected chi connectivity index (χ1v) is 4.60. The minimum atomic E-state index is -0.0517. The second-order valence-electron chi connectivity index (χ2n) is 3.51. The molecule has 0 radical (unpaired) electrons. The van der Waals surface area contributed by atoms with Gasteiger partial charge in [0.2, 0.25) is 0 Å². The predicted molar refractivity (Wildman–Crippen MR) is 53.8 cm³/mol. The van der Waals surface area contributed by atoms with Gasteiger partial charge in [0.1, 0.15) is 17.3 Å². The summed E-state index contributed by atoms with van der Waals surface area (Å²) in [6, 6.07) is 1.93. The number of nitrogens with two attached hydrogens (primary N) is 1. The maximum atomic E-state index is 7.31. The van der Waals surface area contributed by atoms with Crippen LogP contribution in [-0.2, 0) is 0 Å². The zero-order valence-electron chi connectivity index (χ0n) is 8.08. The van der Waals surface area contributed by atoms with Crippen LogP contribution in [0.4, 0.5) is 0 Å². The van der Waals surface area contributed by atoms with Crippen LogP contribution >= 0.6 is 0 Å². The first kappa shape index (κ1) is 8.99. The lowest BCUT2D eigenvalue weighted by Crippen LogP contribution is -2.14. The molecule has 0 bridgehead atoms. The summed E-state index contributed by atoms with van der Waals surface area (Å²) < 4.78 is 5.14. The van der Waals surface area contributed by atoms with Gasteiger partial charge in [0, 0.05) is 6.20 Å². The first-order chi connectivity index (χ1) is 6.72. The van der Waals surface area contributed by atoms with Crippen molar-refractivity contribution in [3.8, 4) is 5.75 Å². The van der Waals surface area contributed by atoms with Crippen molar-refractivity contribution < 1.29 is 4.74 Å². The molecule has 0 aliphatic heterocycles. The minimum Gasteiger partial charge on any atom is -0.494 e. The summed E-state index contributed by atoms with van der Waals surface area (Å²) in [6.45, 7) is 0. The molecule has 1 saturated carbocycles. The van der Waals surface area contributed by atoms with E-state index in [2.05, 4.69) is 4.98 Å². The van der Waals surface area contributed by atoms with Gasteiger partial charge in [-0.3, -0.25) is 5.41 Å². The Bertz CT molecular complexity index is 372. The van der Waals surface area contributed by atoms with E-state index >= 15 is 0 Å². The number of nitrogens with one attached hydrogen (secondary N) is 1. The minimum absolute atomic E-state index is 0.0517. The van der Waals surface area contributed by atoms with Gasteiger partial charge >= 0.3 is 0 Å². The fraction of sp³-hybridized carbons (Fsp3) is 0.400. The zero-order chi connectivity index (χ0) is 10.1. The average Bonchev–Trinajstić information content (AvgIpc) is 3.00. The van der Waals surface area contributed by atoms with E-state index < -0.39 is 0 Å². The van der Waals surface area contributed by atoms with Crippen LogP contribution in [-0.4, -0.2) is 17.9 Å². The molecule has 1 aromatic rings. The number of amidine groups is 1. The Morgan fingerprint density at radius 3 is 2.86 bits per heavy atom. The molecule has 1 heterocycles. The highest BCUT2D eigenvalue weighted by Crippen LogP contribution is 2.40. The molecule has 0 spiro atoms. The molecule has 0 unspecified atom stereocenters. The molecule has 1 aromatic heterocycles. The zero-order valence-corrected chi connectivity index (χ0v) is 8.08. The van der Waals surface area contributed by atoms with Crippen LogP contribution in [0.3, 0.4) is 0 Å². The van der Waals surface area contributed by atoms with Gasteiger partial charge in [-0.25, -0.2) is 4.98 Å². The van der Waals surface area contributed by atoms with Gasteiger partial charge in [0.25, 0.3) is 0 Å². The van der Waals surface area contributed by atoms with Crippen LogP contribution in [0.2, 0.25) is 0 Å². The van der Waals surface area contributed by atoms with E-state index in [1.54, 1.807) is 13.3 Å².